The van der Waals surface area contributed by atoms with Crippen LogP contribution in [0, 0.1) is 5.92 Å². The molecule has 3 aliphatic heterocycles. The SMILES string of the molecule is CN(CCOC(=O)c1ccc(COc2cccc([C@@H](NC(=O)O[C@H]3CN4CCC3CC4)c3ccccc3)c2)cc1)C(=O)Nc1ccc(C=O)cc1.[HH].[HH]. The summed E-state index contributed by atoms with van der Waals surface area (Å²) in [6.07, 6.45) is 2.34. The number of anilines is 1. The van der Waals surface area contributed by atoms with Crippen LogP contribution in [0.2, 0.25) is 0 Å². The molecule has 0 spiro atoms. The number of benzene rings is 4. The van der Waals surface area contributed by atoms with Gasteiger partial charge in [-0.3, -0.25) is 9.69 Å². The van der Waals surface area contributed by atoms with Gasteiger partial charge in [0.05, 0.1) is 18.2 Å². The highest BCUT2D eigenvalue weighted by atomic mass is 16.6. The molecule has 2 bridgehead atoms. The molecule has 268 valence electrons. The van der Waals surface area contributed by atoms with Crippen LogP contribution in [-0.4, -0.2) is 80.1 Å². The molecule has 0 aliphatic carbocycles. The van der Waals surface area contributed by atoms with Crippen LogP contribution in [0.5, 0.6) is 5.75 Å². The number of esters is 1. The first kappa shape index (κ1) is 35.2. The standard InChI is InChI=1S/C40H42N4O7.2H2/c1-43(39(47)41-34-16-12-28(26-45)13-17-34)22-23-49-38(46)32-14-10-29(11-15-32)27-50-35-9-5-8-33(24-35)37(31-6-3-2-4-7-31)42-40(48)51-36-25-44-20-18-30(36)19-21-44;;/h2-17,24,26,30,36-37H,18-23,25,27H2,1H3,(H,41,47)(H,42,48);2*1H/t36-,37-;;/m0../s1. The van der Waals surface area contributed by atoms with E-state index >= 15 is 0 Å². The van der Waals surface area contributed by atoms with Crippen LogP contribution < -0.4 is 15.4 Å². The minimum Gasteiger partial charge on any atom is -0.489 e. The Morgan fingerprint density at radius 2 is 1.65 bits per heavy atom. The van der Waals surface area contributed by atoms with Crippen molar-refractivity contribution in [3.63, 3.8) is 0 Å². The van der Waals surface area contributed by atoms with Crippen molar-refractivity contribution in [3.05, 3.63) is 131 Å². The van der Waals surface area contributed by atoms with E-state index in [2.05, 4.69) is 15.5 Å². The number of nitrogens with one attached hydrogen (secondary N) is 2. The predicted molar refractivity (Wildman–Crippen MR) is 196 cm³/mol. The molecule has 3 amide bonds. The Labute approximate surface area is 300 Å². The molecule has 3 fully saturated rings. The Balaban J connectivity index is 0.00000314. The molecule has 4 aromatic rings. The number of rotatable bonds is 13. The topological polar surface area (TPSA) is 127 Å². The van der Waals surface area contributed by atoms with Gasteiger partial charge in [-0.05, 0) is 97.1 Å². The molecule has 3 aliphatic rings. The average molecular weight is 695 g/mol. The van der Waals surface area contributed by atoms with E-state index in [1.54, 1.807) is 55.6 Å². The van der Waals surface area contributed by atoms with Crippen LogP contribution in [-0.2, 0) is 16.1 Å². The van der Waals surface area contributed by atoms with E-state index in [-0.39, 0.29) is 34.7 Å². The van der Waals surface area contributed by atoms with Crippen molar-refractivity contribution in [3.8, 4) is 5.75 Å². The number of urea groups is 1. The molecule has 3 saturated heterocycles. The second-order valence-corrected chi connectivity index (χ2v) is 12.9. The van der Waals surface area contributed by atoms with Crippen LogP contribution in [0.15, 0.2) is 103 Å². The second-order valence-electron chi connectivity index (χ2n) is 12.9. The smallest absolute Gasteiger partial charge is 0.408 e. The summed E-state index contributed by atoms with van der Waals surface area (Å²) >= 11 is 0. The zero-order valence-electron chi connectivity index (χ0n) is 28.5. The summed E-state index contributed by atoms with van der Waals surface area (Å²) < 4.78 is 17.4. The highest BCUT2D eigenvalue weighted by Gasteiger charge is 2.37. The van der Waals surface area contributed by atoms with Crippen LogP contribution in [0.1, 0.15) is 59.1 Å². The van der Waals surface area contributed by atoms with Crippen LogP contribution >= 0.6 is 0 Å². The fourth-order valence-corrected chi connectivity index (χ4v) is 6.35. The lowest BCUT2D eigenvalue weighted by Crippen LogP contribution is -2.52. The van der Waals surface area contributed by atoms with Crippen molar-refractivity contribution in [2.45, 2.75) is 31.6 Å². The number of alkyl carbamates (subject to hydrolysis) is 1. The fraction of sp³-hybridized carbons (Fsp3) is 0.300. The number of carbonyl (C=O) groups is 4. The van der Waals surface area contributed by atoms with Crippen LogP contribution in [0.3, 0.4) is 0 Å². The third-order valence-corrected chi connectivity index (χ3v) is 9.34. The molecule has 2 N–H and O–H groups in total. The fourth-order valence-electron chi connectivity index (χ4n) is 6.35. The van der Waals surface area contributed by atoms with E-state index in [1.807, 2.05) is 54.6 Å². The highest BCUT2D eigenvalue weighted by molar-refractivity contribution is 5.90. The Bertz CT molecular complexity index is 1800. The molecule has 0 aromatic heterocycles. The van der Waals surface area contributed by atoms with E-state index in [0.29, 0.717) is 28.5 Å². The first-order valence-electron chi connectivity index (χ1n) is 17.2. The van der Waals surface area contributed by atoms with E-state index in [9.17, 15) is 19.2 Å². The molecule has 2 atom stereocenters. The number of amides is 3. The van der Waals surface area contributed by atoms with Crippen molar-refractivity contribution in [2.75, 3.05) is 45.2 Å². The van der Waals surface area contributed by atoms with Crippen molar-refractivity contribution in [1.82, 2.24) is 15.1 Å². The number of hydrogen-bond acceptors (Lipinski definition) is 8. The minimum atomic E-state index is -0.500. The van der Waals surface area contributed by atoms with Gasteiger partial charge in [-0.1, -0.05) is 54.6 Å². The van der Waals surface area contributed by atoms with Gasteiger partial charge in [0.2, 0.25) is 0 Å². The summed E-state index contributed by atoms with van der Waals surface area (Å²) in [6, 6.07) is 30.1. The zero-order valence-corrected chi connectivity index (χ0v) is 28.5. The Kier molecular flexibility index (Phi) is 11.6. The lowest BCUT2D eigenvalue weighted by atomic mass is 9.86. The molecule has 0 radical (unpaired) electrons. The summed E-state index contributed by atoms with van der Waals surface area (Å²) in [5.74, 6) is 0.553. The number of carbonyl (C=O) groups excluding carboxylic acids is 4. The van der Waals surface area contributed by atoms with E-state index in [4.69, 9.17) is 14.2 Å². The van der Waals surface area contributed by atoms with Gasteiger partial charge in [-0.25, -0.2) is 14.4 Å². The van der Waals surface area contributed by atoms with Gasteiger partial charge in [-0.2, -0.15) is 0 Å². The summed E-state index contributed by atoms with van der Waals surface area (Å²) in [7, 11) is 1.60. The monoisotopic (exact) mass is 694 g/mol. The summed E-state index contributed by atoms with van der Waals surface area (Å²) in [4.78, 5) is 52.8. The summed E-state index contributed by atoms with van der Waals surface area (Å²) in [5.41, 5.74) is 4.09. The highest BCUT2D eigenvalue weighted by Crippen LogP contribution is 2.31. The summed E-state index contributed by atoms with van der Waals surface area (Å²) in [6.45, 7) is 3.42. The van der Waals surface area contributed by atoms with Gasteiger partial charge in [0.25, 0.3) is 0 Å². The third kappa shape index (κ3) is 9.52. The third-order valence-electron chi connectivity index (χ3n) is 9.34. The number of piperidine rings is 3. The number of ether oxygens (including phenoxy) is 3. The van der Waals surface area contributed by atoms with Crippen molar-refractivity contribution in [1.29, 1.82) is 0 Å². The van der Waals surface area contributed by atoms with Gasteiger partial charge >= 0.3 is 18.1 Å². The first-order chi connectivity index (χ1) is 24.8. The van der Waals surface area contributed by atoms with Crippen LogP contribution in [0.25, 0.3) is 0 Å². The quantitative estimate of drug-likeness (QED) is 0.116. The van der Waals surface area contributed by atoms with E-state index in [0.717, 1.165) is 55.5 Å². The lowest BCUT2D eigenvalue weighted by molar-refractivity contribution is -0.0336. The maximum Gasteiger partial charge on any atom is 0.408 e. The largest absolute Gasteiger partial charge is 0.489 e. The van der Waals surface area contributed by atoms with Gasteiger partial charge in [0.1, 0.15) is 31.4 Å². The number of likely N-dealkylation sites (N-methyl/N-ethyl adjacent to an activating group) is 1. The Morgan fingerprint density at radius 3 is 2.33 bits per heavy atom. The number of aldehydes is 1. The van der Waals surface area contributed by atoms with Crippen molar-refractivity contribution >= 4 is 30.1 Å². The molecule has 51 heavy (non-hydrogen) atoms. The molecule has 11 heteroatoms. The van der Waals surface area contributed by atoms with Gasteiger partial charge in [-0.15, -0.1) is 0 Å². The van der Waals surface area contributed by atoms with E-state index in [1.165, 1.54) is 4.90 Å². The molecule has 4 aromatic carbocycles. The lowest BCUT2D eigenvalue weighted by Gasteiger charge is -2.43. The second kappa shape index (κ2) is 16.8. The molecular weight excluding hydrogens is 648 g/mol. The molecule has 11 nitrogen and oxygen atoms in total. The van der Waals surface area contributed by atoms with E-state index < -0.39 is 18.1 Å². The predicted octanol–water partition coefficient (Wildman–Crippen LogP) is 6.80. The average Bonchev–Trinajstić information content (AvgIpc) is 3.17. The van der Waals surface area contributed by atoms with Crippen LogP contribution in [0.4, 0.5) is 15.3 Å². The maximum absolute atomic E-state index is 13.2. The van der Waals surface area contributed by atoms with Crippen molar-refractivity contribution in [2.24, 2.45) is 5.92 Å². The minimum absolute atomic E-state index is 0. The Morgan fingerprint density at radius 1 is 0.922 bits per heavy atom. The number of nitrogens with zero attached hydrogens (tertiary/aromatic N) is 2. The van der Waals surface area contributed by atoms with Gasteiger partial charge in [0, 0.05) is 27.7 Å². The van der Waals surface area contributed by atoms with Gasteiger partial charge in [0.15, 0.2) is 0 Å². The molecule has 7 rings (SSSR count). The molecule has 0 unspecified atom stereocenters. The molecular formula is C40H46N4O7. The number of fused-ring (bicyclic) bond motifs is 3. The Hall–Kier alpha value is -5.68. The molecule has 3 heterocycles. The number of hydrogen-bond donors (Lipinski definition) is 2. The first-order valence-corrected chi connectivity index (χ1v) is 17.2. The summed E-state index contributed by atoms with van der Waals surface area (Å²) in [5, 5.41) is 5.83. The molecule has 0 saturated carbocycles. The van der Waals surface area contributed by atoms with Crippen molar-refractivity contribution < 1.29 is 36.2 Å². The normalized spacial score (nSPS) is 18.2. The maximum atomic E-state index is 13.2. The van der Waals surface area contributed by atoms with Gasteiger partial charge < -0.3 is 29.7 Å². The zero-order chi connectivity index (χ0) is 35.6.